The third-order valence-electron chi connectivity index (χ3n) is 6.81. The highest BCUT2D eigenvalue weighted by atomic mass is 32.2. The molecule has 0 aliphatic heterocycles. The minimum absolute atomic E-state index is 0.0527. The van der Waals surface area contributed by atoms with Crippen molar-refractivity contribution in [3.05, 3.63) is 66.2 Å². The number of benzene rings is 3. The number of guanidine groups is 1. The van der Waals surface area contributed by atoms with Crippen LogP contribution in [0, 0.1) is 0 Å². The van der Waals surface area contributed by atoms with E-state index >= 15 is 0 Å². The van der Waals surface area contributed by atoms with Crippen molar-refractivity contribution in [1.29, 1.82) is 0 Å². The molecule has 0 spiro atoms. The van der Waals surface area contributed by atoms with Crippen LogP contribution >= 0.6 is 0 Å². The first kappa shape index (κ1) is 33.1. The molecule has 2 atom stereocenters. The zero-order valence-electron chi connectivity index (χ0n) is 24.8. The van der Waals surface area contributed by atoms with Crippen LogP contribution in [0.1, 0.15) is 25.3 Å². The predicted octanol–water partition coefficient (Wildman–Crippen LogP) is 2.19. The molecule has 1 amide bonds. The Kier molecular flexibility index (Phi) is 11.7. The van der Waals surface area contributed by atoms with Crippen molar-refractivity contribution in [1.82, 2.24) is 9.62 Å². The minimum atomic E-state index is -4.20. The highest BCUT2D eigenvalue weighted by molar-refractivity contribution is 7.89. The lowest BCUT2D eigenvalue weighted by atomic mass is 10.0. The maximum absolute atomic E-state index is 13.9. The largest absolute Gasteiger partial charge is 0.493 e. The number of nitrogens with one attached hydrogen (secondary N) is 1. The number of ether oxygens (including phenoxy) is 3. The molecule has 12 nitrogen and oxygen atoms in total. The zero-order valence-corrected chi connectivity index (χ0v) is 25.6. The minimum Gasteiger partial charge on any atom is -0.493 e. The number of methoxy groups -OCH3 is 2. The molecule has 0 saturated carbocycles. The van der Waals surface area contributed by atoms with Crippen molar-refractivity contribution < 1.29 is 32.2 Å². The van der Waals surface area contributed by atoms with Gasteiger partial charge in [-0.3, -0.25) is 9.79 Å². The van der Waals surface area contributed by atoms with Gasteiger partial charge in [0.25, 0.3) is 0 Å². The number of likely N-dealkylation sites (N-methyl/N-ethyl adjacent to an activating group) is 1. The molecule has 5 N–H and O–H groups in total. The lowest BCUT2D eigenvalue weighted by Gasteiger charge is -2.30. The standard InChI is InChI=1S/C30H39N5O7S/c1-5-42-29(37)25(16-20-10-7-6-8-11-20)35(2)28(36)24(12-9-15-33-30(31)32)34-43(38,39)23-14-13-21-18-26(40-3)27(41-4)19-22(21)17-23/h6-8,10-11,13-14,17-19,24-25,34H,5,9,12,15-16H2,1-4H3,(H4,31,32,33)/t24-,25-/m0/s1. The normalized spacial score (nSPS) is 12.7. The van der Waals surface area contributed by atoms with Gasteiger partial charge in [0, 0.05) is 20.0 Å². The Labute approximate surface area is 252 Å². The van der Waals surface area contributed by atoms with Gasteiger partial charge < -0.3 is 30.6 Å². The number of amides is 1. The van der Waals surface area contributed by atoms with Crippen LogP contribution < -0.4 is 25.7 Å². The van der Waals surface area contributed by atoms with Gasteiger partial charge in [0.05, 0.1) is 25.7 Å². The van der Waals surface area contributed by atoms with Crippen LogP contribution in [0.5, 0.6) is 11.5 Å². The molecule has 3 aromatic carbocycles. The predicted molar refractivity (Wildman–Crippen MR) is 164 cm³/mol. The van der Waals surface area contributed by atoms with Crippen molar-refractivity contribution >= 4 is 38.6 Å². The first-order valence-electron chi connectivity index (χ1n) is 13.7. The van der Waals surface area contributed by atoms with Gasteiger partial charge in [-0.25, -0.2) is 13.2 Å². The number of carbonyl (C=O) groups excluding carboxylic acids is 2. The van der Waals surface area contributed by atoms with Crippen LogP contribution in [0.4, 0.5) is 0 Å². The highest BCUT2D eigenvalue weighted by Crippen LogP contribution is 2.33. The fourth-order valence-electron chi connectivity index (χ4n) is 4.57. The van der Waals surface area contributed by atoms with E-state index in [4.69, 9.17) is 25.7 Å². The number of fused-ring (bicyclic) bond motifs is 1. The van der Waals surface area contributed by atoms with Gasteiger partial charge in [0.1, 0.15) is 12.1 Å². The number of esters is 1. The number of rotatable bonds is 15. The molecule has 0 saturated heterocycles. The molecule has 3 rings (SSSR count). The van der Waals surface area contributed by atoms with Crippen molar-refractivity contribution in [3.8, 4) is 11.5 Å². The second kappa shape index (κ2) is 15.2. The summed E-state index contributed by atoms with van der Waals surface area (Å²) >= 11 is 0. The van der Waals surface area contributed by atoms with Crippen LogP contribution in [0.15, 0.2) is 70.6 Å². The van der Waals surface area contributed by atoms with E-state index in [2.05, 4.69) is 9.71 Å². The molecule has 0 aliphatic rings. The molecule has 0 bridgehead atoms. The maximum Gasteiger partial charge on any atom is 0.329 e. The van der Waals surface area contributed by atoms with Crippen molar-refractivity contribution in [2.45, 2.75) is 43.2 Å². The molecule has 232 valence electrons. The van der Waals surface area contributed by atoms with Crippen molar-refractivity contribution in [2.24, 2.45) is 16.5 Å². The number of nitrogens with two attached hydrogens (primary N) is 2. The Morgan fingerprint density at radius 2 is 1.63 bits per heavy atom. The Morgan fingerprint density at radius 1 is 0.977 bits per heavy atom. The van der Waals surface area contributed by atoms with Crippen LogP contribution in [-0.4, -0.2) is 77.7 Å². The Bertz CT molecular complexity index is 1540. The van der Waals surface area contributed by atoms with E-state index in [1.165, 1.54) is 38.3 Å². The monoisotopic (exact) mass is 613 g/mol. The van der Waals surface area contributed by atoms with Gasteiger partial charge in [0.2, 0.25) is 15.9 Å². The van der Waals surface area contributed by atoms with Gasteiger partial charge in [-0.15, -0.1) is 0 Å². The van der Waals surface area contributed by atoms with E-state index in [0.29, 0.717) is 23.3 Å². The number of carbonyl (C=O) groups is 2. The Hall–Kier alpha value is -4.36. The summed E-state index contributed by atoms with van der Waals surface area (Å²) < 4.78 is 45.8. The first-order chi connectivity index (χ1) is 20.5. The molecule has 0 heterocycles. The summed E-state index contributed by atoms with van der Waals surface area (Å²) in [6.07, 6.45) is 0.548. The average Bonchev–Trinajstić information content (AvgIpc) is 3.00. The van der Waals surface area contributed by atoms with E-state index in [1.807, 2.05) is 30.3 Å². The molecule has 0 aliphatic carbocycles. The first-order valence-corrected chi connectivity index (χ1v) is 15.2. The van der Waals surface area contributed by atoms with E-state index in [0.717, 1.165) is 10.9 Å². The number of aliphatic imine (C=N–C) groups is 1. The molecule has 0 unspecified atom stereocenters. The molecule has 43 heavy (non-hydrogen) atoms. The highest BCUT2D eigenvalue weighted by Gasteiger charge is 2.34. The second-order valence-corrected chi connectivity index (χ2v) is 11.5. The third-order valence-corrected chi connectivity index (χ3v) is 8.28. The topological polar surface area (TPSA) is 176 Å². The van der Waals surface area contributed by atoms with Crippen LogP contribution in [0.3, 0.4) is 0 Å². The molecule has 0 radical (unpaired) electrons. The summed E-state index contributed by atoms with van der Waals surface area (Å²) in [4.78, 5) is 31.9. The second-order valence-electron chi connectivity index (χ2n) is 9.75. The molecular formula is C30H39N5O7S. The number of nitrogens with zero attached hydrogens (tertiary/aromatic N) is 2. The SMILES string of the molecule is CCOC(=O)[C@H](Cc1ccccc1)N(C)C(=O)[C@H](CCCN=C(N)N)NS(=O)(=O)c1ccc2cc(OC)c(OC)cc2c1. The number of sulfonamides is 1. The van der Waals surface area contributed by atoms with E-state index in [-0.39, 0.29) is 36.8 Å². The summed E-state index contributed by atoms with van der Waals surface area (Å²) in [6.45, 7) is 1.98. The third kappa shape index (κ3) is 8.82. The quantitative estimate of drug-likeness (QED) is 0.100. The summed E-state index contributed by atoms with van der Waals surface area (Å²) in [5.41, 5.74) is 11.7. The summed E-state index contributed by atoms with van der Waals surface area (Å²) in [5, 5.41) is 1.33. The van der Waals surface area contributed by atoms with Gasteiger partial charge in [0.15, 0.2) is 17.5 Å². The van der Waals surface area contributed by atoms with Crippen LogP contribution in [-0.2, 0) is 30.8 Å². The van der Waals surface area contributed by atoms with E-state index in [9.17, 15) is 18.0 Å². The Balaban J connectivity index is 1.94. The molecular weight excluding hydrogens is 574 g/mol. The molecule has 0 aromatic heterocycles. The molecule has 0 fully saturated rings. The average molecular weight is 614 g/mol. The Morgan fingerprint density at radius 3 is 2.23 bits per heavy atom. The van der Waals surface area contributed by atoms with Gasteiger partial charge in [-0.1, -0.05) is 36.4 Å². The van der Waals surface area contributed by atoms with Gasteiger partial charge in [-0.2, -0.15) is 4.72 Å². The zero-order chi connectivity index (χ0) is 31.6. The summed E-state index contributed by atoms with van der Waals surface area (Å²) in [5.74, 6) is -0.369. The summed E-state index contributed by atoms with van der Waals surface area (Å²) in [6, 6.07) is 15.0. The lowest BCUT2D eigenvalue weighted by Crippen LogP contribution is -2.53. The number of hydrogen-bond acceptors (Lipinski definition) is 8. The van der Waals surface area contributed by atoms with Gasteiger partial charge >= 0.3 is 5.97 Å². The fraction of sp³-hybridized carbons (Fsp3) is 0.367. The maximum atomic E-state index is 13.9. The summed E-state index contributed by atoms with van der Waals surface area (Å²) in [7, 11) is 0.256. The van der Waals surface area contributed by atoms with E-state index in [1.54, 1.807) is 25.1 Å². The van der Waals surface area contributed by atoms with Crippen LogP contribution in [0.25, 0.3) is 10.8 Å². The van der Waals surface area contributed by atoms with Gasteiger partial charge in [-0.05, 0) is 60.4 Å². The van der Waals surface area contributed by atoms with Crippen molar-refractivity contribution in [2.75, 3.05) is 34.4 Å². The fourth-order valence-corrected chi connectivity index (χ4v) is 5.82. The molecule has 13 heteroatoms. The smallest absolute Gasteiger partial charge is 0.329 e. The lowest BCUT2D eigenvalue weighted by molar-refractivity contribution is -0.154. The van der Waals surface area contributed by atoms with E-state index < -0.39 is 34.0 Å². The molecule has 3 aromatic rings. The van der Waals surface area contributed by atoms with Crippen LogP contribution in [0.2, 0.25) is 0 Å². The number of hydrogen-bond donors (Lipinski definition) is 3. The van der Waals surface area contributed by atoms with Crippen molar-refractivity contribution in [3.63, 3.8) is 0 Å².